The minimum absolute atomic E-state index is 1.10. The number of unbranched alkanes of at least 4 members (excludes halogenated alkanes) is 2. The summed E-state index contributed by atoms with van der Waals surface area (Å²) in [5.74, 6) is 0. The van der Waals surface area contributed by atoms with E-state index < -0.39 is 0 Å². The maximum atomic E-state index is 4.19. The minimum atomic E-state index is 1.10. The van der Waals surface area contributed by atoms with Crippen molar-refractivity contribution in [1.82, 2.24) is 0 Å². The average Bonchev–Trinajstić information content (AvgIpc) is 2.04. The molecule has 0 fully saturated rings. The summed E-state index contributed by atoms with van der Waals surface area (Å²) in [6.45, 7) is 6.45. The second-order valence-corrected chi connectivity index (χ2v) is 2.80. The van der Waals surface area contributed by atoms with Gasteiger partial charge in [-0.25, -0.2) is 0 Å². The molecule has 1 nitrogen and oxygen atoms in total. The molecule has 64 valence electrons. The molecule has 0 N–H and O–H groups in total. The zero-order valence-electron chi connectivity index (χ0n) is 7.93. The van der Waals surface area contributed by atoms with Gasteiger partial charge in [-0.15, -0.1) is 0 Å². The highest BCUT2D eigenvalue weighted by Crippen LogP contribution is 1.97. The first kappa shape index (κ1) is 10.4. The first-order valence-electron chi connectivity index (χ1n) is 4.48. The smallest absolute Gasteiger partial charge is 0.0252 e. The van der Waals surface area contributed by atoms with Crippen LogP contribution in [0.5, 0.6) is 0 Å². The Balaban J connectivity index is 3.42. The Bertz CT molecular complexity index is 134. The van der Waals surface area contributed by atoms with E-state index in [0.717, 1.165) is 12.8 Å². The van der Waals surface area contributed by atoms with Gasteiger partial charge in [-0.2, -0.15) is 0 Å². The maximum Gasteiger partial charge on any atom is 0.0252 e. The van der Waals surface area contributed by atoms with E-state index in [0.29, 0.717) is 0 Å². The molecule has 0 rings (SSSR count). The standard InChI is InChI=1S/C10H19N/c1-4-6-7-8-11-9-10(3)5-2/h8-9H,4-7H2,1-3H3/b10-9+,11-8?. The topological polar surface area (TPSA) is 12.4 Å². The molecule has 0 unspecified atom stereocenters. The van der Waals surface area contributed by atoms with Crippen molar-refractivity contribution >= 4 is 6.21 Å². The van der Waals surface area contributed by atoms with Gasteiger partial charge >= 0.3 is 0 Å². The third-order valence-corrected chi connectivity index (χ3v) is 1.64. The van der Waals surface area contributed by atoms with Gasteiger partial charge in [0, 0.05) is 12.4 Å². The highest BCUT2D eigenvalue weighted by Gasteiger charge is 1.79. The largest absolute Gasteiger partial charge is 0.269 e. The van der Waals surface area contributed by atoms with Crippen LogP contribution in [0.4, 0.5) is 0 Å². The molecule has 0 heterocycles. The fourth-order valence-corrected chi connectivity index (χ4v) is 0.641. The molecule has 0 aromatic heterocycles. The SMILES string of the molecule is CCCCC=N/C=C(\C)CC. The summed E-state index contributed by atoms with van der Waals surface area (Å²) >= 11 is 0. The predicted octanol–water partition coefficient (Wildman–Crippen LogP) is 3.56. The summed E-state index contributed by atoms with van der Waals surface area (Å²) in [7, 11) is 0. The third-order valence-electron chi connectivity index (χ3n) is 1.64. The molecule has 0 atom stereocenters. The van der Waals surface area contributed by atoms with E-state index in [1.807, 2.05) is 12.4 Å². The van der Waals surface area contributed by atoms with Gasteiger partial charge in [-0.1, -0.05) is 25.8 Å². The summed E-state index contributed by atoms with van der Waals surface area (Å²) in [6, 6.07) is 0. The fourth-order valence-electron chi connectivity index (χ4n) is 0.641. The number of nitrogens with zero attached hydrogens (tertiary/aromatic N) is 1. The van der Waals surface area contributed by atoms with Crippen molar-refractivity contribution in [2.75, 3.05) is 0 Å². The molecule has 11 heavy (non-hydrogen) atoms. The van der Waals surface area contributed by atoms with Crippen LogP contribution in [-0.4, -0.2) is 6.21 Å². The summed E-state index contributed by atoms with van der Waals surface area (Å²) in [4.78, 5) is 4.19. The Labute approximate surface area is 70.2 Å². The molecular formula is C10H19N. The fraction of sp³-hybridized carbons (Fsp3) is 0.700. The number of hydrogen-bond acceptors (Lipinski definition) is 1. The summed E-state index contributed by atoms with van der Waals surface area (Å²) in [6.07, 6.45) is 8.68. The van der Waals surface area contributed by atoms with Crippen molar-refractivity contribution in [1.29, 1.82) is 0 Å². The highest BCUT2D eigenvalue weighted by molar-refractivity contribution is 5.57. The van der Waals surface area contributed by atoms with Gasteiger partial charge in [0.15, 0.2) is 0 Å². The van der Waals surface area contributed by atoms with Gasteiger partial charge in [0.05, 0.1) is 0 Å². The van der Waals surface area contributed by atoms with Crippen LogP contribution in [0.2, 0.25) is 0 Å². The molecule has 0 aliphatic carbocycles. The summed E-state index contributed by atoms with van der Waals surface area (Å²) in [5.41, 5.74) is 1.35. The molecule has 0 spiro atoms. The summed E-state index contributed by atoms with van der Waals surface area (Å²) in [5, 5.41) is 0. The van der Waals surface area contributed by atoms with E-state index in [-0.39, 0.29) is 0 Å². The zero-order valence-corrected chi connectivity index (χ0v) is 7.93. The van der Waals surface area contributed by atoms with E-state index in [9.17, 15) is 0 Å². The van der Waals surface area contributed by atoms with Gasteiger partial charge < -0.3 is 0 Å². The quantitative estimate of drug-likeness (QED) is 0.423. The van der Waals surface area contributed by atoms with Crippen molar-refractivity contribution < 1.29 is 0 Å². The molecule has 0 saturated carbocycles. The van der Waals surface area contributed by atoms with Crippen molar-refractivity contribution in [3.05, 3.63) is 11.8 Å². The Hall–Kier alpha value is -0.590. The molecule has 0 aromatic rings. The zero-order chi connectivity index (χ0) is 8.53. The molecule has 1 heteroatoms. The lowest BCUT2D eigenvalue weighted by Crippen LogP contribution is -1.74. The monoisotopic (exact) mass is 153 g/mol. The number of allylic oxidation sites excluding steroid dienone is 1. The Kier molecular flexibility index (Phi) is 7.11. The van der Waals surface area contributed by atoms with Crippen molar-refractivity contribution in [2.45, 2.75) is 46.5 Å². The van der Waals surface area contributed by atoms with E-state index in [2.05, 4.69) is 25.8 Å². The lowest BCUT2D eigenvalue weighted by Gasteiger charge is -1.89. The van der Waals surface area contributed by atoms with E-state index >= 15 is 0 Å². The summed E-state index contributed by atoms with van der Waals surface area (Å²) < 4.78 is 0. The second kappa shape index (κ2) is 7.52. The van der Waals surface area contributed by atoms with Gasteiger partial charge in [0.25, 0.3) is 0 Å². The average molecular weight is 153 g/mol. The molecule has 0 amide bonds. The van der Waals surface area contributed by atoms with Crippen LogP contribution >= 0.6 is 0 Å². The highest BCUT2D eigenvalue weighted by atomic mass is 14.7. The van der Waals surface area contributed by atoms with E-state index in [1.54, 1.807) is 0 Å². The molecule has 0 aromatic carbocycles. The first-order chi connectivity index (χ1) is 5.31. The number of hydrogen-bond donors (Lipinski definition) is 0. The van der Waals surface area contributed by atoms with Crippen LogP contribution in [-0.2, 0) is 0 Å². The van der Waals surface area contributed by atoms with Crippen molar-refractivity contribution in [3.63, 3.8) is 0 Å². The van der Waals surface area contributed by atoms with Crippen molar-refractivity contribution in [3.8, 4) is 0 Å². The van der Waals surface area contributed by atoms with E-state index in [1.165, 1.54) is 18.4 Å². The molecule has 0 aliphatic rings. The molecule has 0 aliphatic heterocycles. The van der Waals surface area contributed by atoms with Crippen LogP contribution in [0.15, 0.2) is 16.8 Å². The number of aliphatic imine (C=N–C) groups is 1. The van der Waals surface area contributed by atoms with Crippen LogP contribution in [0.1, 0.15) is 46.5 Å². The van der Waals surface area contributed by atoms with Crippen LogP contribution in [0.25, 0.3) is 0 Å². The first-order valence-corrected chi connectivity index (χ1v) is 4.48. The van der Waals surface area contributed by atoms with Gasteiger partial charge in [-0.3, -0.25) is 4.99 Å². The Morgan fingerprint density at radius 1 is 1.36 bits per heavy atom. The Morgan fingerprint density at radius 3 is 2.64 bits per heavy atom. The minimum Gasteiger partial charge on any atom is -0.269 e. The van der Waals surface area contributed by atoms with Gasteiger partial charge in [0.1, 0.15) is 0 Å². The van der Waals surface area contributed by atoms with Crippen molar-refractivity contribution in [2.24, 2.45) is 4.99 Å². The maximum absolute atomic E-state index is 4.19. The molecule has 0 saturated heterocycles. The van der Waals surface area contributed by atoms with Gasteiger partial charge in [-0.05, 0) is 26.2 Å². The molecule has 0 radical (unpaired) electrons. The lowest BCUT2D eigenvalue weighted by atomic mass is 10.2. The number of rotatable bonds is 5. The second-order valence-electron chi connectivity index (χ2n) is 2.80. The van der Waals surface area contributed by atoms with Gasteiger partial charge in [0.2, 0.25) is 0 Å². The molecule has 0 bridgehead atoms. The normalized spacial score (nSPS) is 12.8. The van der Waals surface area contributed by atoms with Crippen LogP contribution < -0.4 is 0 Å². The van der Waals surface area contributed by atoms with E-state index in [4.69, 9.17) is 0 Å². The third kappa shape index (κ3) is 7.31. The predicted molar refractivity (Wildman–Crippen MR) is 52.1 cm³/mol. The lowest BCUT2D eigenvalue weighted by molar-refractivity contribution is 0.842. The Morgan fingerprint density at radius 2 is 2.09 bits per heavy atom. The van der Waals surface area contributed by atoms with Crippen LogP contribution in [0, 0.1) is 0 Å². The molecular weight excluding hydrogens is 134 g/mol. The van der Waals surface area contributed by atoms with Crippen LogP contribution in [0.3, 0.4) is 0 Å².